The predicted octanol–water partition coefficient (Wildman–Crippen LogP) is 3.53. The standard InChI is InChI=1S/C18H24BrN5OS/c1-10-7-6-8-15(12(10)3)20-18(26)22-21-17(25)11(2)9-24-14(5)16(19)13(4)23-24/h6-8,11H,9H2,1-5H3,(H,21,25)(H2,20,22,26). The summed E-state index contributed by atoms with van der Waals surface area (Å²) in [5, 5.41) is 7.87. The lowest BCUT2D eigenvalue weighted by Crippen LogP contribution is -2.46. The molecule has 0 saturated carbocycles. The van der Waals surface area contributed by atoms with E-state index in [0.717, 1.165) is 27.1 Å². The van der Waals surface area contributed by atoms with Crippen LogP contribution in [0.5, 0.6) is 0 Å². The summed E-state index contributed by atoms with van der Waals surface area (Å²) in [6, 6.07) is 5.94. The SMILES string of the molecule is Cc1cccc(NC(=S)NNC(=O)C(C)Cn2nc(C)c(Br)c2C)c1C. The van der Waals surface area contributed by atoms with Crippen LogP contribution >= 0.6 is 28.1 Å². The molecule has 0 spiro atoms. The number of nitrogens with one attached hydrogen (secondary N) is 3. The number of aryl methyl sites for hydroxylation is 2. The summed E-state index contributed by atoms with van der Waals surface area (Å²) >= 11 is 8.75. The largest absolute Gasteiger partial charge is 0.331 e. The summed E-state index contributed by atoms with van der Waals surface area (Å²) < 4.78 is 2.80. The van der Waals surface area contributed by atoms with Gasteiger partial charge in [0.05, 0.1) is 22.6 Å². The minimum Gasteiger partial charge on any atom is -0.331 e. The Balaban J connectivity index is 1.88. The molecule has 26 heavy (non-hydrogen) atoms. The van der Waals surface area contributed by atoms with E-state index in [1.54, 1.807) is 0 Å². The highest BCUT2D eigenvalue weighted by Crippen LogP contribution is 2.20. The Bertz CT molecular complexity index is 833. The quantitative estimate of drug-likeness (QED) is 0.503. The van der Waals surface area contributed by atoms with Crippen LogP contribution in [0.4, 0.5) is 5.69 Å². The van der Waals surface area contributed by atoms with Crippen molar-refractivity contribution in [3.8, 4) is 0 Å². The van der Waals surface area contributed by atoms with Crippen molar-refractivity contribution in [1.82, 2.24) is 20.6 Å². The molecule has 0 bridgehead atoms. The van der Waals surface area contributed by atoms with Gasteiger partial charge in [0.2, 0.25) is 5.91 Å². The Morgan fingerprint density at radius 3 is 2.58 bits per heavy atom. The molecular weight excluding hydrogens is 414 g/mol. The number of carbonyl (C=O) groups is 1. The Morgan fingerprint density at radius 2 is 1.96 bits per heavy atom. The maximum atomic E-state index is 12.3. The van der Waals surface area contributed by atoms with E-state index in [4.69, 9.17) is 12.2 Å². The van der Waals surface area contributed by atoms with Gasteiger partial charge >= 0.3 is 0 Å². The lowest BCUT2D eigenvalue weighted by Gasteiger charge is -2.17. The first-order valence-corrected chi connectivity index (χ1v) is 9.53. The number of thiocarbonyl (C=S) groups is 1. The molecule has 0 fully saturated rings. The van der Waals surface area contributed by atoms with Gasteiger partial charge in [-0.2, -0.15) is 5.10 Å². The summed E-state index contributed by atoms with van der Waals surface area (Å²) in [5.41, 5.74) is 10.5. The molecule has 140 valence electrons. The van der Waals surface area contributed by atoms with Crippen LogP contribution in [-0.2, 0) is 11.3 Å². The molecule has 3 N–H and O–H groups in total. The summed E-state index contributed by atoms with van der Waals surface area (Å²) in [6.45, 7) is 10.3. The lowest BCUT2D eigenvalue weighted by atomic mass is 10.1. The first-order valence-electron chi connectivity index (χ1n) is 8.33. The molecule has 1 aromatic carbocycles. The summed E-state index contributed by atoms with van der Waals surface area (Å²) in [6.07, 6.45) is 0. The second-order valence-electron chi connectivity index (χ2n) is 6.38. The highest BCUT2D eigenvalue weighted by atomic mass is 79.9. The third kappa shape index (κ3) is 4.82. The van der Waals surface area contributed by atoms with Gasteiger partial charge in [0.25, 0.3) is 0 Å². The van der Waals surface area contributed by atoms with Crippen LogP contribution < -0.4 is 16.2 Å². The first-order chi connectivity index (χ1) is 12.2. The van der Waals surface area contributed by atoms with Crippen molar-refractivity contribution in [3.63, 3.8) is 0 Å². The molecule has 2 rings (SSSR count). The Hall–Kier alpha value is -1.93. The summed E-state index contributed by atoms with van der Waals surface area (Å²) in [4.78, 5) is 12.3. The molecule has 0 aliphatic carbocycles. The van der Waals surface area contributed by atoms with Gasteiger partial charge in [-0.05, 0) is 73.0 Å². The van der Waals surface area contributed by atoms with E-state index in [1.165, 1.54) is 5.56 Å². The second kappa shape index (κ2) is 8.64. The molecule has 0 radical (unpaired) electrons. The van der Waals surface area contributed by atoms with Crippen LogP contribution in [0.3, 0.4) is 0 Å². The monoisotopic (exact) mass is 437 g/mol. The molecular formula is C18H24BrN5OS. The highest BCUT2D eigenvalue weighted by molar-refractivity contribution is 9.10. The van der Waals surface area contributed by atoms with Crippen LogP contribution in [0.1, 0.15) is 29.4 Å². The molecule has 8 heteroatoms. The number of aromatic nitrogens is 2. The van der Waals surface area contributed by atoms with Gasteiger partial charge in [0, 0.05) is 11.4 Å². The number of carbonyl (C=O) groups excluding carboxylic acids is 1. The highest BCUT2D eigenvalue weighted by Gasteiger charge is 2.17. The molecule has 0 aliphatic rings. The van der Waals surface area contributed by atoms with Crippen molar-refractivity contribution >= 4 is 44.9 Å². The summed E-state index contributed by atoms with van der Waals surface area (Å²) in [7, 11) is 0. The molecule has 0 saturated heterocycles. The van der Waals surface area contributed by atoms with E-state index in [-0.39, 0.29) is 11.8 Å². The molecule has 0 aliphatic heterocycles. The number of hydrogen-bond acceptors (Lipinski definition) is 3. The molecule has 1 unspecified atom stereocenters. The number of benzene rings is 1. The lowest BCUT2D eigenvalue weighted by molar-refractivity contribution is -0.125. The number of rotatable bonds is 4. The Morgan fingerprint density at radius 1 is 1.27 bits per heavy atom. The molecule has 1 heterocycles. The molecule has 1 atom stereocenters. The van der Waals surface area contributed by atoms with Crippen molar-refractivity contribution in [2.75, 3.05) is 5.32 Å². The third-order valence-electron chi connectivity index (χ3n) is 4.34. The maximum absolute atomic E-state index is 12.3. The van der Waals surface area contributed by atoms with Crippen LogP contribution in [0.15, 0.2) is 22.7 Å². The second-order valence-corrected chi connectivity index (χ2v) is 7.59. The number of nitrogens with zero attached hydrogens (tertiary/aromatic N) is 2. The van der Waals surface area contributed by atoms with Crippen molar-refractivity contribution in [1.29, 1.82) is 0 Å². The summed E-state index contributed by atoms with van der Waals surface area (Å²) in [5.74, 6) is -0.422. The molecule has 6 nitrogen and oxygen atoms in total. The van der Waals surface area contributed by atoms with Crippen molar-refractivity contribution < 1.29 is 4.79 Å². The fourth-order valence-corrected chi connectivity index (χ4v) is 2.92. The average molecular weight is 438 g/mol. The predicted molar refractivity (Wildman–Crippen MR) is 112 cm³/mol. The zero-order valence-corrected chi connectivity index (χ0v) is 18.0. The fourth-order valence-electron chi connectivity index (χ4n) is 2.48. The zero-order chi connectivity index (χ0) is 19.4. The molecule has 2 aromatic rings. The fraction of sp³-hybridized carbons (Fsp3) is 0.389. The van der Waals surface area contributed by atoms with Crippen LogP contribution in [0.25, 0.3) is 0 Å². The van der Waals surface area contributed by atoms with Crippen molar-refractivity contribution in [2.45, 2.75) is 41.2 Å². The van der Waals surface area contributed by atoms with Gasteiger partial charge in [-0.3, -0.25) is 20.3 Å². The van der Waals surface area contributed by atoms with E-state index in [2.05, 4.69) is 37.2 Å². The van der Waals surface area contributed by atoms with E-state index in [0.29, 0.717) is 11.7 Å². The minimum atomic E-state index is -0.268. The molecule has 1 aromatic heterocycles. The van der Waals surface area contributed by atoms with Gasteiger partial charge in [-0.15, -0.1) is 0 Å². The number of anilines is 1. The van der Waals surface area contributed by atoms with Gasteiger partial charge < -0.3 is 5.32 Å². The van der Waals surface area contributed by atoms with Crippen molar-refractivity contribution in [2.24, 2.45) is 5.92 Å². The van der Waals surface area contributed by atoms with Crippen LogP contribution in [0, 0.1) is 33.6 Å². The number of hydrazine groups is 1. The first kappa shape index (κ1) is 20.4. The van der Waals surface area contributed by atoms with E-state index < -0.39 is 0 Å². The smallest absolute Gasteiger partial charge is 0.243 e. The van der Waals surface area contributed by atoms with E-state index in [1.807, 2.05) is 57.5 Å². The minimum absolute atomic E-state index is 0.154. The average Bonchev–Trinajstić information content (AvgIpc) is 2.83. The topological polar surface area (TPSA) is 71.0 Å². The van der Waals surface area contributed by atoms with E-state index >= 15 is 0 Å². The number of halogens is 1. The number of hydrogen-bond donors (Lipinski definition) is 3. The Labute approximate surface area is 167 Å². The van der Waals surface area contributed by atoms with Gasteiger partial charge in [-0.25, -0.2) is 0 Å². The van der Waals surface area contributed by atoms with Crippen LogP contribution in [0.2, 0.25) is 0 Å². The maximum Gasteiger partial charge on any atom is 0.243 e. The normalized spacial score (nSPS) is 11.8. The Kier molecular flexibility index (Phi) is 6.77. The van der Waals surface area contributed by atoms with E-state index in [9.17, 15) is 4.79 Å². The molecule has 1 amide bonds. The van der Waals surface area contributed by atoms with Crippen molar-refractivity contribution in [3.05, 3.63) is 45.2 Å². The van der Waals surface area contributed by atoms with Gasteiger partial charge in [-0.1, -0.05) is 19.1 Å². The zero-order valence-electron chi connectivity index (χ0n) is 15.6. The van der Waals surface area contributed by atoms with Gasteiger partial charge in [0.1, 0.15) is 0 Å². The van der Waals surface area contributed by atoms with Crippen LogP contribution in [-0.4, -0.2) is 20.8 Å². The van der Waals surface area contributed by atoms with Gasteiger partial charge in [0.15, 0.2) is 5.11 Å². The number of amides is 1. The third-order valence-corrected chi connectivity index (χ3v) is 5.69.